The lowest BCUT2D eigenvalue weighted by atomic mass is 9.98. The van der Waals surface area contributed by atoms with Gasteiger partial charge >= 0.3 is 0 Å². The van der Waals surface area contributed by atoms with Crippen LogP contribution >= 0.6 is 0 Å². The Morgan fingerprint density at radius 3 is 2.63 bits per heavy atom. The molecule has 0 saturated heterocycles. The predicted molar refractivity (Wildman–Crippen MR) is 79.6 cm³/mol. The van der Waals surface area contributed by atoms with E-state index in [1.807, 2.05) is 36.4 Å². The summed E-state index contributed by atoms with van der Waals surface area (Å²) in [6, 6.07) is 16.2. The Balaban J connectivity index is 2.27. The van der Waals surface area contributed by atoms with E-state index < -0.39 is 0 Å². The van der Waals surface area contributed by atoms with E-state index in [0.29, 0.717) is 12.5 Å². The van der Waals surface area contributed by atoms with E-state index in [1.54, 1.807) is 0 Å². The molecule has 1 atom stereocenters. The van der Waals surface area contributed by atoms with Gasteiger partial charge in [0.1, 0.15) is 11.5 Å². The molecule has 2 aromatic carbocycles. The minimum atomic E-state index is 0.494. The first-order valence-electron chi connectivity index (χ1n) is 6.80. The van der Waals surface area contributed by atoms with E-state index in [2.05, 4.69) is 26.0 Å². The van der Waals surface area contributed by atoms with Gasteiger partial charge in [0.2, 0.25) is 0 Å². The summed E-state index contributed by atoms with van der Waals surface area (Å²) in [7, 11) is 0. The van der Waals surface area contributed by atoms with Crippen molar-refractivity contribution in [2.45, 2.75) is 32.7 Å². The molecule has 2 N–H and O–H groups in total. The van der Waals surface area contributed by atoms with Gasteiger partial charge in [-0.25, -0.2) is 0 Å². The van der Waals surface area contributed by atoms with Gasteiger partial charge in [0, 0.05) is 6.54 Å². The fraction of sp³-hybridized carbons (Fsp3) is 0.294. The third kappa shape index (κ3) is 3.36. The quantitative estimate of drug-likeness (QED) is 0.856. The van der Waals surface area contributed by atoms with Crippen LogP contribution in [0.1, 0.15) is 37.3 Å². The van der Waals surface area contributed by atoms with Gasteiger partial charge in [-0.3, -0.25) is 0 Å². The van der Waals surface area contributed by atoms with Crippen LogP contribution < -0.4 is 10.5 Å². The van der Waals surface area contributed by atoms with Crippen molar-refractivity contribution in [2.24, 2.45) is 5.73 Å². The van der Waals surface area contributed by atoms with Crippen molar-refractivity contribution in [3.05, 3.63) is 59.7 Å². The number of hydrogen-bond donors (Lipinski definition) is 1. The molecular formula is C17H21NO. The van der Waals surface area contributed by atoms with Crippen LogP contribution in [0.2, 0.25) is 0 Å². The van der Waals surface area contributed by atoms with Gasteiger partial charge in [-0.05, 0) is 41.7 Å². The minimum Gasteiger partial charge on any atom is -0.457 e. The van der Waals surface area contributed by atoms with Crippen molar-refractivity contribution in [1.82, 2.24) is 0 Å². The molecule has 0 bridgehead atoms. The van der Waals surface area contributed by atoms with Gasteiger partial charge < -0.3 is 10.5 Å². The lowest BCUT2D eigenvalue weighted by molar-refractivity contribution is 0.469. The van der Waals surface area contributed by atoms with Gasteiger partial charge in [0.25, 0.3) is 0 Å². The zero-order valence-corrected chi connectivity index (χ0v) is 11.6. The van der Waals surface area contributed by atoms with Crippen LogP contribution in [0.5, 0.6) is 11.5 Å². The average molecular weight is 255 g/mol. The third-order valence-electron chi connectivity index (χ3n) is 3.42. The minimum absolute atomic E-state index is 0.494. The second-order valence-corrected chi connectivity index (χ2v) is 4.80. The maximum atomic E-state index is 6.02. The number of benzene rings is 2. The fourth-order valence-electron chi connectivity index (χ4n) is 2.06. The van der Waals surface area contributed by atoms with Crippen LogP contribution in [0.25, 0.3) is 0 Å². The number of rotatable bonds is 5. The molecule has 0 amide bonds. The molecule has 0 aromatic heterocycles. The van der Waals surface area contributed by atoms with E-state index in [0.717, 1.165) is 23.5 Å². The molecule has 100 valence electrons. The van der Waals surface area contributed by atoms with Crippen LogP contribution in [0, 0.1) is 0 Å². The normalized spacial score (nSPS) is 12.2. The largest absolute Gasteiger partial charge is 0.457 e. The van der Waals surface area contributed by atoms with E-state index in [-0.39, 0.29) is 0 Å². The summed E-state index contributed by atoms with van der Waals surface area (Å²) in [6.45, 7) is 4.94. The smallest absolute Gasteiger partial charge is 0.130 e. The van der Waals surface area contributed by atoms with Crippen molar-refractivity contribution in [3.8, 4) is 11.5 Å². The summed E-state index contributed by atoms with van der Waals surface area (Å²) in [5.41, 5.74) is 7.99. The molecule has 0 aliphatic heterocycles. The number of hydrogen-bond acceptors (Lipinski definition) is 2. The van der Waals surface area contributed by atoms with Crippen LogP contribution in [0.15, 0.2) is 48.5 Å². The number of nitrogens with two attached hydrogens (primary N) is 1. The molecule has 0 heterocycles. The van der Waals surface area contributed by atoms with Gasteiger partial charge in [-0.1, -0.05) is 44.2 Å². The summed E-state index contributed by atoms with van der Waals surface area (Å²) in [4.78, 5) is 0. The molecule has 19 heavy (non-hydrogen) atoms. The van der Waals surface area contributed by atoms with E-state index in [1.165, 1.54) is 5.56 Å². The van der Waals surface area contributed by atoms with Crippen molar-refractivity contribution >= 4 is 0 Å². The standard InChI is InChI=1S/C17H21NO/c1-3-13(2)16-9-4-5-10-17(16)19-15-8-6-7-14(11-15)12-18/h4-11,13H,3,12,18H2,1-2H3. The summed E-state index contributed by atoms with van der Waals surface area (Å²) in [5.74, 6) is 2.28. The molecule has 0 spiro atoms. The van der Waals surface area contributed by atoms with Crippen LogP contribution in [-0.2, 0) is 6.54 Å². The van der Waals surface area contributed by atoms with Crippen molar-refractivity contribution < 1.29 is 4.74 Å². The number of ether oxygens (including phenoxy) is 1. The molecule has 2 aromatic rings. The molecule has 0 aliphatic carbocycles. The van der Waals surface area contributed by atoms with E-state index in [9.17, 15) is 0 Å². The SMILES string of the molecule is CCC(C)c1ccccc1Oc1cccc(CN)c1. The number of para-hydroxylation sites is 1. The van der Waals surface area contributed by atoms with Crippen molar-refractivity contribution in [1.29, 1.82) is 0 Å². The molecule has 0 saturated carbocycles. The molecule has 2 nitrogen and oxygen atoms in total. The lowest BCUT2D eigenvalue weighted by Crippen LogP contribution is -1.98. The Bertz CT molecular complexity index is 536. The van der Waals surface area contributed by atoms with Gasteiger partial charge in [0.05, 0.1) is 0 Å². The summed E-state index contributed by atoms with van der Waals surface area (Å²) < 4.78 is 6.02. The monoisotopic (exact) mass is 255 g/mol. The van der Waals surface area contributed by atoms with Crippen molar-refractivity contribution in [3.63, 3.8) is 0 Å². The molecule has 0 radical (unpaired) electrons. The van der Waals surface area contributed by atoms with Crippen LogP contribution in [0.3, 0.4) is 0 Å². The van der Waals surface area contributed by atoms with E-state index >= 15 is 0 Å². The Morgan fingerprint density at radius 2 is 1.89 bits per heavy atom. The zero-order chi connectivity index (χ0) is 13.7. The Labute approximate surface area is 115 Å². The highest BCUT2D eigenvalue weighted by Crippen LogP contribution is 2.32. The predicted octanol–water partition coefficient (Wildman–Crippen LogP) is 4.45. The Hall–Kier alpha value is -1.80. The zero-order valence-electron chi connectivity index (χ0n) is 11.6. The molecule has 2 rings (SSSR count). The highest BCUT2D eigenvalue weighted by atomic mass is 16.5. The maximum absolute atomic E-state index is 6.02. The summed E-state index contributed by atoms with van der Waals surface area (Å²) in [5, 5.41) is 0. The molecule has 0 fully saturated rings. The highest BCUT2D eigenvalue weighted by Gasteiger charge is 2.10. The van der Waals surface area contributed by atoms with Gasteiger partial charge in [-0.2, -0.15) is 0 Å². The topological polar surface area (TPSA) is 35.2 Å². The highest BCUT2D eigenvalue weighted by molar-refractivity contribution is 5.40. The second-order valence-electron chi connectivity index (χ2n) is 4.80. The first-order valence-corrected chi connectivity index (χ1v) is 6.80. The molecule has 0 aliphatic rings. The first-order chi connectivity index (χ1) is 9.24. The molecule has 2 heteroatoms. The summed E-state index contributed by atoms with van der Waals surface area (Å²) >= 11 is 0. The second kappa shape index (κ2) is 6.39. The van der Waals surface area contributed by atoms with Gasteiger partial charge in [0.15, 0.2) is 0 Å². The maximum Gasteiger partial charge on any atom is 0.130 e. The first kappa shape index (κ1) is 13.6. The lowest BCUT2D eigenvalue weighted by Gasteiger charge is -2.15. The van der Waals surface area contributed by atoms with Crippen LogP contribution in [-0.4, -0.2) is 0 Å². The summed E-state index contributed by atoms with van der Waals surface area (Å²) in [6.07, 6.45) is 1.10. The molecule has 1 unspecified atom stereocenters. The van der Waals surface area contributed by atoms with E-state index in [4.69, 9.17) is 10.5 Å². The third-order valence-corrected chi connectivity index (χ3v) is 3.42. The van der Waals surface area contributed by atoms with Gasteiger partial charge in [-0.15, -0.1) is 0 Å². The Morgan fingerprint density at radius 1 is 1.11 bits per heavy atom. The average Bonchev–Trinajstić information content (AvgIpc) is 2.47. The molecular weight excluding hydrogens is 234 g/mol. The van der Waals surface area contributed by atoms with Crippen LogP contribution in [0.4, 0.5) is 0 Å². The van der Waals surface area contributed by atoms with Crippen molar-refractivity contribution in [2.75, 3.05) is 0 Å². The Kier molecular flexibility index (Phi) is 4.58. The fourth-order valence-corrected chi connectivity index (χ4v) is 2.06.